The summed E-state index contributed by atoms with van der Waals surface area (Å²) in [5.41, 5.74) is 0.908. The van der Waals surface area contributed by atoms with Gasteiger partial charge in [-0.2, -0.15) is 0 Å². The SMILES string of the molecule is COc1ccc2nc(OC)ccc2c1. The number of methoxy groups -OCH3 is 2. The van der Waals surface area contributed by atoms with Crippen molar-refractivity contribution in [3.05, 3.63) is 30.3 Å². The number of hydrogen-bond donors (Lipinski definition) is 0. The lowest BCUT2D eigenvalue weighted by molar-refractivity contribution is 0.399. The molecule has 14 heavy (non-hydrogen) atoms. The van der Waals surface area contributed by atoms with Crippen molar-refractivity contribution in [2.24, 2.45) is 0 Å². The first kappa shape index (κ1) is 8.81. The van der Waals surface area contributed by atoms with Crippen molar-refractivity contribution in [1.29, 1.82) is 0 Å². The summed E-state index contributed by atoms with van der Waals surface area (Å²) < 4.78 is 10.2. The molecule has 0 radical (unpaired) electrons. The number of pyridine rings is 1. The minimum absolute atomic E-state index is 0.627. The Bertz CT molecular complexity index is 411. The molecule has 2 rings (SSSR count). The minimum atomic E-state index is 0.627. The van der Waals surface area contributed by atoms with E-state index in [-0.39, 0.29) is 0 Å². The average Bonchev–Trinajstić information content (AvgIpc) is 2.27. The highest BCUT2D eigenvalue weighted by Crippen LogP contribution is 2.21. The van der Waals surface area contributed by atoms with Crippen molar-refractivity contribution in [3.63, 3.8) is 0 Å². The second-order valence-electron chi connectivity index (χ2n) is 2.91. The Morgan fingerprint density at radius 1 is 1.00 bits per heavy atom. The zero-order chi connectivity index (χ0) is 9.97. The molecule has 0 saturated carbocycles. The third kappa shape index (κ3) is 1.48. The minimum Gasteiger partial charge on any atom is -0.497 e. The first-order valence-corrected chi connectivity index (χ1v) is 4.32. The Balaban J connectivity index is 2.57. The van der Waals surface area contributed by atoms with Crippen molar-refractivity contribution in [1.82, 2.24) is 4.98 Å². The summed E-state index contributed by atoms with van der Waals surface area (Å²) in [5.74, 6) is 1.46. The largest absolute Gasteiger partial charge is 0.497 e. The number of hydrogen-bond acceptors (Lipinski definition) is 3. The van der Waals surface area contributed by atoms with Crippen molar-refractivity contribution in [3.8, 4) is 11.6 Å². The third-order valence-corrected chi connectivity index (χ3v) is 2.08. The molecule has 0 spiro atoms. The first-order valence-electron chi connectivity index (χ1n) is 4.32. The molecule has 0 amide bonds. The molecule has 0 aliphatic rings. The molecule has 0 fully saturated rings. The standard InChI is InChI=1S/C11H11NO2/c1-13-9-4-5-10-8(7-9)3-6-11(12-10)14-2/h3-7H,1-2H3. The van der Waals surface area contributed by atoms with E-state index in [1.807, 2.05) is 30.3 Å². The quantitative estimate of drug-likeness (QED) is 0.726. The molecule has 3 nitrogen and oxygen atoms in total. The fourth-order valence-corrected chi connectivity index (χ4v) is 1.33. The lowest BCUT2D eigenvalue weighted by Crippen LogP contribution is -1.88. The smallest absolute Gasteiger partial charge is 0.213 e. The molecule has 0 bridgehead atoms. The molecule has 0 aliphatic heterocycles. The lowest BCUT2D eigenvalue weighted by atomic mass is 10.2. The predicted octanol–water partition coefficient (Wildman–Crippen LogP) is 2.25. The molecule has 2 aromatic rings. The summed E-state index contributed by atoms with van der Waals surface area (Å²) >= 11 is 0. The first-order chi connectivity index (χ1) is 6.83. The van der Waals surface area contributed by atoms with Gasteiger partial charge < -0.3 is 9.47 Å². The van der Waals surface area contributed by atoms with Gasteiger partial charge in [-0.25, -0.2) is 4.98 Å². The van der Waals surface area contributed by atoms with Crippen molar-refractivity contribution < 1.29 is 9.47 Å². The number of fused-ring (bicyclic) bond motifs is 1. The van der Waals surface area contributed by atoms with Crippen LogP contribution in [0, 0.1) is 0 Å². The summed E-state index contributed by atoms with van der Waals surface area (Å²) in [7, 11) is 3.26. The summed E-state index contributed by atoms with van der Waals surface area (Å²) in [6, 6.07) is 9.54. The zero-order valence-corrected chi connectivity index (χ0v) is 8.15. The van der Waals surface area contributed by atoms with E-state index in [4.69, 9.17) is 9.47 Å². The maximum atomic E-state index is 5.12. The van der Waals surface area contributed by atoms with Gasteiger partial charge in [-0.3, -0.25) is 0 Å². The van der Waals surface area contributed by atoms with Crippen LogP contribution in [0.1, 0.15) is 0 Å². The van der Waals surface area contributed by atoms with Crippen molar-refractivity contribution >= 4 is 10.9 Å². The molecular formula is C11H11NO2. The van der Waals surface area contributed by atoms with Gasteiger partial charge in [-0.05, 0) is 24.3 Å². The molecule has 3 heteroatoms. The number of nitrogens with zero attached hydrogens (tertiary/aromatic N) is 1. The molecule has 0 N–H and O–H groups in total. The zero-order valence-electron chi connectivity index (χ0n) is 8.15. The van der Waals surface area contributed by atoms with E-state index >= 15 is 0 Å². The molecule has 72 valence electrons. The number of aromatic nitrogens is 1. The van der Waals surface area contributed by atoms with Gasteiger partial charge in [0.2, 0.25) is 5.88 Å². The molecule has 1 heterocycles. The van der Waals surface area contributed by atoms with Gasteiger partial charge in [-0.15, -0.1) is 0 Å². The molecule has 0 unspecified atom stereocenters. The van der Waals surface area contributed by atoms with E-state index in [9.17, 15) is 0 Å². The molecule has 0 saturated heterocycles. The van der Waals surface area contributed by atoms with Crippen LogP contribution in [0.3, 0.4) is 0 Å². The summed E-state index contributed by atoms with van der Waals surface area (Å²) in [4.78, 5) is 4.29. The van der Waals surface area contributed by atoms with Crippen LogP contribution in [-0.4, -0.2) is 19.2 Å². The van der Waals surface area contributed by atoms with Crippen molar-refractivity contribution in [2.45, 2.75) is 0 Å². The summed E-state index contributed by atoms with van der Waals surface area (Å²) in [6.45, 7) is 0. The highest BCUT2D eigenvalue weighted by atomic mass is 16.5. The highest BCUT2D eigenvalue weighted by Gasteiger charge is 1.99. The Hall–Kier alpha value is -1.77. The lowest BCUT2D eigenvalue weighted by Gasteiger charge is -2.03. The van der Waals surface area contributed by atoms with Gasteiger partial charge in [0.05, 0.1) is 19.7 Å². The highest BCUT2D eigenvalue weighted by molar-refractivity contribution is 5.80. The topological polar surface area (TPSA) is 31.4 Å². The molecular weight excluding hydrogens is 178 g/mol. The summed E-state index contributed by atoms with van der Waals surface area (Å²) in [5, 5.41) is 1.05. The van der Waals surface area contributed by atoms with Crippen LogP contribution < -0.4 is 9.47 Å². The van der Waals surface area contributed by atoms with Gasteiger partial charge >= 0.3 is 0 Å². The van der Waals surface area contributed by atoms with Crippen molar-refractivity contribution in [2.75, 3.05) is 14.2 Å². The fraction of sp³-hybridized carbons (Fsp3) is 0.182. The summed E-state index contributed by atoms with van der Waals surface area (Å²) in [6.07, 6.45) is 0. The van der Waals surface area contributed by atoms with Gasteiger partial charge in [-0.1, -0.05) is 0 Å². The van der Waals surface area contributed by atoms with Gasteiger partial charge in [0.25, 0.3) is 0 Å². The second-order valence-corrected chi connectivity index (χ2v) is 2.91. The normalized spacial score (nSPS) is 10.1. The van der Waals surface area contributed by atoms with Gasteiger partial charge in [0.1, 0.15) is 5.75 Å². The van der Waals surface area contributed by atoms with E-state index in [1.165, 1.54) is 0 Å². The van der Waals surface area contributed by atoms with E-state index in [1.54, 1.807) is 14.2 Å². The van der Waals surface area contributed by atoms with E-state index in [0.29, 0.717) is 5.88 Å². The van der Waals surface area contributed by atoms with E-state index in [2.05, 4.69) is 4.98 Å². The Labute approximate surface area is 82.3 Å². The number of benzene rings is 1. The predicted molar refractivity (Wildman–Crippen MR) is 54.8 cm³/mol. The van der Waals surface area contributed by atoms with Gasteiger partial charge in [0.15, 0.2) is 0 Å². The van der Waals surface area contributed by atoms with Crippen LogP contribution in [0.15, 0.2) is 30.3 Å². The fourth-order valence-electron chi connectivity index (χ4n) is 1.33. The van der Waals surface area contributed by atoms with Crippen LogP contribution in [-0.2, 0) is 0 Å². The van der Waals surface area contributed by atoms with Crippen LogP contribution in [0.4, 0.5) is 0 Å². The van der Waals surface area contributed by atoms with Crippen LogP contribution in [0.5, 0.6) is 11.6 Å². The number of rotatable bonds is 2. The number of ether oxygens (including phenoxy) is 2. The molecule has 0 atom stereocenters. The molecule has 1 aromatic carbocycles. The van der Waals surface area contributed by atoms with Crippen LogP contribution >= 0.6 is 0 Å². The monoisotopic (exact) mass is 189 g/mol. The second kappa shape index (κ2) is 3.54. The Morgan fingerprint density at radius 3 is 2.57 bits per heavy atom. The van der Waals surface area contributed by atoms with Crippen LogP contribution in [0.25, 0.3) is 10.9 Å². The van der Waals surface area contributed by atoms with Crippen LogP contribution in [0.2, 0.25) is 0 Å². The van der Waals surface area contributed by atoms with Gasteiger partial charge in [0, 0.05) is 11.5 Å². The maximum Gasteiger partial charge on any atom is 0.213 e. The molecule has 0 aliphatic carbocycles. The molecule has 1 aromatic heterocycles. The third-order valence-electron chi connectivity index (χ3n) is 2.08. The average molecular weight is 189 g/mol. The van der Waals surface area contributed by atoms with E-state index < -0.39 is 0 Å². The van der Waals surface area contributed by atoms with E-state index in [0.717, 1.165) is 16.7 Å². The Morgan fingerprint density at radius 2 is 1.86 bits per heavy atom. The Kier molecular flexibility index (Phi) is 2.23. The maximum absolute atomic E-state index is 5.12.